The van der Waals surface area contributed by atoms with Gasteiger partial charge in [0, 0.05) is 56.7 Å². The predicted octanol–water partition coefficient (Wildman–Crippen LogP) is 2.87. The summed E-state index contributed by atoms with van der Waals surface area (Å²) in [7, 11) is 2.05. The molecule has 6 heteroatoms. The fraction of sp³-hybridized carbons (Fsp3) is 0.263. The molecule has 0 aromatic carbocycles. The van der Waals surface area contributed by atoms with Gasteiger partial charge >= 0.3 is 0 Å². The summed E-state index contributed by atoms with van der Waals surface area (Å²) in [5.74, 6) is 1.56. The van der Waals surface area contributed by atoms with Crippen molar-refractivity contribution in [3.63, 3.8) is 0 Å². The third-order valence-corrected chi connectivity index (χ3v) is 3.92. The minimum Gasteiger partial charge on any atom is -0.359 e. The molecule has 3 heterocycles. The molecule has 3 rings (SSSR count). The number of likely N-dealkylation sites (N-methyl/N-ethyl adjacent to an activating group) is 1. The lowest BCUT2D eigenvalue weighted by molar-refractivity contribution is 0.850. The van der Waals surface area contributed by atoms with Crippen LogP contribution in [0.5, 0.6) is 0 Å². The highest BCUT2D eigenvalue weighted by atomic mass is 15.2. The lowest BCUT2D eigenvalue weighted by Crippen LogP contribution is -2.22. The van der Waals surface area contributed by atoms with Gasteiger partial charge in [0.25, 0.3) is 0 Å². The van der Waals surface area contributed by atoms with Gasteiger partial charge in [-0.15, -0.1) is 0 Å². The Morgan fingerprint density at radius 3 is 2.24 bits per heavy atom. The Morgan fingerprint density at radius 2 is 1.56 bits per heavy atom. The summed E-state index contributed by atoms with van der Waals surface area (Å²) in [6.45, 7) is 3.54. The number of nitrogens with zero attached hydrogens (tertiary/aromatic N) is 5. The zero-order valence-electron chi connectivity index (χ0n) is 14.6. The maximum Gasteiger partial charge on any atom is 0.225 e. The summed E-state index contributed by atoms with van der Waals surface area (Å²) >= 11 is 0. The summed E-state index contributed by atoms with van der Waals surface area (Å²) in [5.41, 5.74) is 3.36. The van der Waals surface area contributed by atoms with Crippen molar-refractivity contribution in [2.24, 2.45) is 0 Å². The number of aromatic nitrogens is 4. The zero-order chi connectivity index (χ0) is 17.5. The van der Waals surface area contributed by atoms with Gasteiger partial charge in [0.1, 0.15) is 5.82 Å². The van der Waals surface area contributed by atoms with Gasteiger partial charge in [-0.1, -0.05) is 0 Å². The second-order valence-corrected chi connectivity index (χ2v) is 5.93. The summed E-state index contributed by atoms with van der Waals surface area (Å²) < 4.78 is 0. The maximum absolute atomic E-state index is 4.64. The molecule has 0 unspecified atom stereocenters. The van der Waals surface area contributed by atoms with Crippen LogP contribution in [0.25, 0.3) is 0 Å². The molecule has 3 aromatic heterocycles. The van der Waals surface area contributed by atoms with Crippen LogP contribution in [0.2, 0.25) is 0 Å². The van der Waals surface area contributed by atoms with Gasteiger partial charge in [-0.05, 0) is 48.7 Å². The Kier molecular flexibility index (Phi) is 5.51. The predicted molar refractivity (Wildman–Crippen MR) is 99.5 cm³/mol. The van der Waals surface area contributed by atoms with Crippen LogP contribution in [0.3, 0.4) is 0 Å². The summed E-state index contributed by atoms with van der Waals surface area (Å²) in [5, 5.41) is 3.29. The molecule has 0 atom stereocenters. The smallest absolute Gasteiger partial charge is 0.225 e. The molecule has 0 spiro atoms. The second-order valence-electron chi connectivity index (χ2n) is 5.93. The Morgan fingerprint density at radius 1 is 0.920 bits per heavy atom. The average Bonchev–Trinajstić information content (AvgIpc) is 2.66. The summed E-state index contributed by atoms with van der Waals surface area (Å²) in [6.07, 6.45) is 8.16. The lowest BCUT2D eigenvalue weighted by atomic mass is 10.2. The zero-order valence-corrected chi connectivity index (χ0v) is 14.6. The standard InChI is InChI=1S/C19H22N6/c1-15-13-18(25(2)12-7-16-3-8-20-9-4-16)24-19(23-15)22-14-17-5-10-21-11-6-17/h3-6,8-11,13H,7,12,14H2,1-2H3,(H,22,23,24). The molecule has 0 aliphatic rings. The van der Waals surface area contributed by atoms with Crippen LogP contribution in [0.1, 0.15) is 16.8 Å². The van der Waals surface area contributed by atoms with E-state index in [0.29, 0.717) is 12.5 Å². The van der Waals surface area contributed by atoms with Gasteiger partial charge in [-0.2, -0.15) is 4.98 Å². The minimum absolute atomic E-state index is 0.641. The highest BCUT2D eigenvalue weighted by Crippen LogP contribution is 2.15. The molecule has 0 aliphatic heterocycles. The van der Waals surface area contributed by atoms with Gasteiger partial charge in [-0.25, -0.2) is 4.98 Å². The molecular formula is C19H22N6. The summed E-state index contributed by atoms with van der Waals surface area (Å²) in [4.78, 5) is 19.3. The number of nitrogens with one attached hydrogen (secondary N) is 1. The molecule has 0 radical (unpaired) electrons. The van der Waals surface area contributed by atoms with Crippen LogP contribution >= 0.6 is 0 Å². The fourth-order valence-electron chi connectivity index (χ4n) is 2.47. The van der Waals surface area contributed by atoms with Crippen molar-refractivity contribution in [2.75, 3.05) is 23.8 Å². The summed E-state index contributed by atoms with van der Waals surface area (Å²) in [6, 6.07) is 10.0. The van der Waals surface area contributed by atoms with Gasteiger partial charge < -0.3 is 10.2 Å². The van der Waals surface area contributed by atoms with E-state index in [-0.39, 0.29) is 0 Å². The van der Waals surface area contributed by atoms with Gasteiger partial charge in [0.2, 0.25) is 5.95 Å². The number of hydrogen-bond acceptors (Lipinski definition) is 6. The van der Waals surface area contributed by atoms with E-state index < -0.39 is 0 Å². The van der Waals surface area contributed by atoms with E-state index in [1.165, 1.54) is 5.56 Å². The Hall–Kier alpha value is -3.02. The average molecular weight is 334 g/mol. The maximum atomic E-state index is 4.64. The van der Waals surface area contributed by atoms with E-state index in [1.807, 2.05) is 49.6 Å². The second kappa shape index (κ2) is 8.19. The van der Waals surface area contributed by atoms with Crippen LogP contribution in [-0.4, -0.2) is 33.5 Å². The Bertz CT molecular complexity index is 792. The Balaban J connectivity index is 1.64. The van der Waals surface area contributed by atoms with E-state index in [0.717, 1.165) is 30.0 Å². The SMILES string of the molecule is Cc1cc(N(C)CCc2ccncc2)nc(NCc2ccncc2)n1. The largest absolute Gasteiger partial charge is 0.359 e. The van der Waals surface area contributed by atoms with Crippen LogP contribution in [-0.2, 0) is 13.0 Å². The monoisotopic (exact) mass is 334 g/mol. The van der Waals surface area contributed by atoms with Crippen molar-refractivity contribution in [1.29, 1.82) is 0 Å². The molecule has 3 aromatic rings. The first-order chi connectivity index (χ1) is 12.2. The number of rotatable bonds is 7. The number of pyridine rings is 2. The van der Waals surface area contributed by atoms with E-state index in [4.69, 9.17) is 0 Å². The topological polar surface area (TPSA) is 66.8 Å². The van der Waals surface area contributed by atoms with Crippen LogP contribution in [0.4, 0.5) is 11.8 Å². The molecule has 128 valence electrons. The van der Waals surface area contributed by atoms with Gasteiger partial charge in [0.15, 0.2) is 0 Å². The van der Waals surface area contributed by atoms with Crippen molar-refractivity contribution in [1.82, 2.24) is 19.9 Å². The van der Waals surface area contributed by atoms with Gasteiger partial charge in [-0.3, -0.25) is 9.97 Å². The quantitative estimate of drug-likeness (QED) is 0.717. The highest BCUT2D eigenvalue weighted by Gasteiger charge is 2.07. The number of aryl methyl sites for hydroxylation is 1. The third-order valence-electron chi connectivity index (χ3n) is 3.92. The minimum atomic E-state index is 0.641. The van der Waals surface area contributed by atoms with Gasteiger partial charge in [0.05, 0.1) is 0 Å². The first kappa shape index (κ1) is 16.8. The molecule has 0 saturated heterocycles. The van der Waals surface area contributed by atoms with Crippen molar-refractivity contribution in [3.05, 3.63) is 71.9 Å². The fourth-order valence-corrected chi connectivity index (χ4v) is 2.47. The van der Waals surface area contributed by atoms with E-state index >= 15 is 0 Å². The third kappa shape index (κ3) is 4.97. The van der Waals surface area contributed by atoms with E-state index in [9.17, 15) is 0 Å². The first-order valence-electron chi connectivity index (χ1n) is 8.29. The van der Waals surface area contributed by atoms with Crippen LogP contribution in [0.15, 0.2) is 55.1 Å². The van der Waals surface area contributed by atoms with E-state index in [2.05, 4.69) is 37.2 Å². The molecule has 0 fully saturated rings. The molecule has 0 bridgehead atoms. The van der Waals surface area contributed by atoms with Crippen molar-refractivity contribution in [3.8, 4) is 0 Å². The normalized spacial score (nSPS) is 10.5. The van der Waals surface area contributed by atoms with Crippen LogP contribution in [0, 0.1) is 6.92 Å². The molecular weight excluding hydrogens is 312 g/mol. The van der Waals surface area contributed by atoms with Crippen molar-refractivity contribution < 1.29 is 0 Å². The van der Waals surface area contributed by atoms with Crippen molar-refractivity contribution in [2.45, 2.75) is 19.9 Å². The number of hydrogen-bond donors (Lipinski definition) is 1. The van der Waals surface area contributed by atoms with E-state index in [1.54, 1.807) is 12.4 Å². The molecule has 25 heavy (non-hydrogen) atoms. The molecule has 6 nitrogen and oxygen atoms in total. The van der Waals surface area contributed by atoms with Crippen LogP contribution < -0.4 is 10.2 Å². The number of anilines is 2. The molecule has 0 amide bonds. The van der Waals surface area contributed by atoms with Crippen molar-refractivity contribution >= 4 is 11.8 Å². The molecule has 0 saturated carbocycles. The molecule has 0 aliphatic carbocycles. The Labute approximate surface area is 148 Å². The highest BCUT2D eigenvalue weighted by molar-refractivity contribution is 5.44. The first-order valence-corrected chi connectivity index (χ1v) is 8.29. The lowest BCUT2D eigenvalue weighted by Gasteiger charge is -2.19. The molecule has 1 N–H and O–H groups in total.